The number of carbonyl (C=O) groups excluding carboxylic acids is 3. The van der Waals surface area contributed by atoms with Crippen molar-refractivity contribution in [1.82, 2.24) is 10.6 Å². The lowest BCUT2D eigenvalue weighted by Crippen LogP contribution is -2.45. The summed E-state index contributed by atoms with van der Waals surface area (Å²) >= 11 is 0. The SMILES string of the molecule is CCCC[C@H](NC(=O)c1ccccc1C=Cc1ccc(OC)c(OC)c1)C(=O)CNC(=O)c1ccccc1. The number of nitrogens with one attached hydrogen (secondary N) is 2. The van der Waals surface area contributed by atoms with Gasteiger partial charge < -0.3 is 20.1 Å². The smallest absolute Gasteiger partial charge is 0.252 e. The molecule has 0 bridgehead atoms. The Labute approximate surface area is 223 Å². The molecule has 0 saturated carbocycles. The zero-order valence-electron chi connectivity index (χ0n) is 22.0. The predicted octanol–water partition coefficient (Wildman–Crippen LogP) is 5.16. The summed E-state index contributed by atoms with van der Waals surface area (Å²) in [7, 11) is 3.16. The maximum atomic E-state index is 13.3. The van der Waals surface area contributed by atoms with Gasteiger partial charge >= 0.3 is 0 Å². The van der Waals surface area contributed by atoms with Gasteiger partial charge in [0.2, 0.25) is 0 Å². The van der Waals surface area contributed by atoms with Crippen LogP contribution in [0.15, 0.2) is 72.8 Å². The number of unbranched alkanes of at least 4 members (excludes halogenated alkanes) is 1. The summed E-state index contributed by atoms with van der Waals surface area (Å²) < 4.78 is 10.7. The van der Waals surface area contributed by atoms with Gasteiger partial charge in [0.15, 0.2) is 17.3 Å². The number of hydrogen-bond acceptors (Lipinski definition) is 5. The van der Waals surface area contributed by atoms with Gasteiger partial charge in [-0.1, -0.05) is 74.4 Å². The van der Waals surface area contributed by atoms with Crippen LogP contribution in [0.3, 0.4) is 0 Å². The topological polar surface area (TPSA) is 93.7 Å². The first-order valence-electron chi connectivity index (χ1n) is 12.6. The highest BCUT2D eigenvalue weighted by Crippen LogP contribution is 2.28. The van der Waals surface area contributed by atoms with Crippen LogP contribution in [-0.2, 0) is 4.79 Å². The zero-order valence-corrected chi connectivity index (χ0v) is 22.0. The lowest BCUT2D eigenvalue weighted by atomic mass is 10.0. The second-order valence-electron chi connectivity index (χ2n) is 8.72. The fourth-order valence-corrected chi connectivity index (χ4v) is 3.93. The van der Waals surface area contributed by atoms with Gasteiger partial charge in [0, 0.05) is 11.1 Å². The summed E-state index contributed by atoms with van der Waals surface area (Å²) in [5, 5.41) is 5.56. The van der Waals surface area contributed by atoms with Crippen molar-refractivity contribution in [3.05, 3.63) is 95.1 Å². The number of benzene rings is 3. The van der Waals surface area contributed by atoms with Crippen LogP contribution < -0.4 is 20.1 Å². The van der Waals surface area contributed by atoms with E-state index in [1.54, 1.807) is 50.6 Å². The lowest BCUT2D eigenvalue weighted by molar-refractivity contribution is -0.120. The van der Waals surface area contributed by atoms with E-state index < -0.39 is 6.04 Å². The van der Waals surface area contributed by atoms with E-state index in [0.29, 0.717) is 34.6 Å². The van der Waals surface area contributed by atoms with Gasteiger partial charge in [0.05, 0.1) is 26.8 Å². The van der Waals surface area contributed by atoms with Gasteiger partial charge in [-0.25, -0.2) is 0 Å². The summed E-state index contributed by atoms with van der Waals surface area (Å²) in [6, 6.07) is 20.8. The van der Waals surface area contributed by atoms with E-state index in [0.717, 1.165) is 18.4 Å². The number of ketones is 1. The summed E-state index contributed by atoms with van der Waals surface area (Å²) in [5.74, 6) is 0.325. The van der Waals surface area contributed by atoms with Crippen molar-refractivity contribution in [2.24, 2.45) is 0 Å². The van der Waals surface area contributed by atoms with Crippen molar-refractivity contribution in [2.45, 2.75) is 32.2 Å². The molecule has 1 atom stereocenters. The highest BCUT2D eigenvalue weighted by atomic mass is 16.5. The lowest BCUT2D eigenvalue weighted by Gasteiger charge is -2.18. The van der Waals surface area contributed by atoms with Crippen molar-refractivity contribution < 1.29 is 23.9 Å². The van der Waals surface area contributed by atoms with Gasteiger partial charge in [-0.05, 0) is 47.9 Å². The van der Waals surface area contributed by atoms with Crippen molar-refractivity contribution in [3.8, 4) is 11.5 Å². The second kappa shape index (κ2) is 14.4. The minimum atomic E-state index is -0.707. The molecule has 0 aliphatic heterocycles. The average molecular weight is 515 g/mol. The molecule has 0 radical (unpaired) electrons. The van der Waals surface area contributed by atoms with Crippen LogP contribution in [0.5, 0.6) is 11.5 Å². The molecule has 0 saturated heterocycles. The standard InChI is InChI=1S/C31H34N2O5/c1-4-5-15-26(27(34)21-32-30(35)24-12-7-6-8-13-24)33-31(36)25-14-10-9-11-23(25)18-16-22-17-19-28(37-2)29(20-22)38-3/h6-14,16-20,26H,4-5,15,21H2,1-3H3,(H,32,35)(H,33,36)/t26-/m0/s1. The first kappa shape index (κ1) is 28.2. The Bertz CT molecular complexity index is 1270. The Hall–Kier alpha value is -4.39. The quantitative estimate of drug-likeness (QED) is 0.307. The van der Waals surface area contributed by atoms with Crippen LogP contribution in [-0.4, -0.2) is 44.4 Å². The minimum absolute atomic E-state index is 0.163. The minimum Gasteiger partial charge on any atom is -0.493 e. The first-order chi connectivity index (χ1) is 18.5. The molecule has 0 aromatic heterocycles. The molecule has 3 aromatic carbocycles. The van der Waals surface area contributed by atoms with E-state index in [1.165, 1.54) is 0 Å². The monoisotopic (exact) mass is 514 g/mol. The van der Waals surface area contributed by atoms with E-state index in [4.69, 9.17) is 9.47 Å². The van der Waals surface area contributed by atoms with Gasteiger partial charge in [-0.15, -0.1) is 0 Å². The molecule has 7 heteroatoms. The zero-order chi connectivity index (χ0) is 27.3. The predicted molar refractivity (Wildman–Crippen MR) is 149 cm³/mol. The Morgan fingerprint density at radius 1 is 0.842 bits per heavy atom. The van der Waals surface area contributed by atoms with Gasteiger partial charge in [0.1, 0.15) is 0 Å². The van der Waals surface area contributed by atoms with Crippen LogP contribution in [0.1, 0.15) is 58.0 Å². The highest BCUT2D eigenvalue weighted by Gasteiger charge is 2.22. The Morgan fingerprint density at radius 2 is 1.55 bits per heavy atom. The summed E-state index contributed by atoms with van der Waals surface area (Å²) in [5.41, 5.74) is 2.51. The number of methoxy groups -OCH3 is 2. The van der Waals surface area contributed by atoms with E-state index in [1.807, 2.05) is 55.5 Å². The number of hydrogen-bond donors (Lipinski definition) is 2. The number of rotatable bonds is 13. The van der Waals surface area contributed by atoms with Gasteiger partial charge in [-0.2, -0.15) is 0 Å². The van der Waals surface area contributed by atoms with E-state index in [9.17, 15) is 14.4 Å². The molecule has 0 unspecified atom stereocenters. The van der Waals surface area contributed by atoms with Gasteiger partial charge in [0.25, 0.3) is 11.8 Å². The molecule has 7 nitrogen and oxygen atoms in total. The molecule has 0 heterocycles. The molecule has 2 amide bonds. The third-order valence-electron chi connectivity index (χ3n) is 6.07. The van der Waals surface area contributed by atoms with Crippen molar-refractivity contribution in [1.29, 1.82) is 0 Å². The summed E-state index contributed by atoms with van der Waals surface area (Å²) in [6.07, 6.45) is 5.86. The van der Waals surface area contributed by atoms with Crippen molar-refractivity contribution >= 4 is 29.7 Å². The molecule has 198 valence electrons. The van der Waals surface area contributed by atoms with E-state index in [2.05, 4.69) is 10.6 Å². The Kier molecular flexibility index (Phi) is 10.7. The molecule has 0 fully saturated rings. The van der Waals surface area contributed by atoms with Crippen LogP contribution >= 0.6 is 0 Å². The molecule has 0 aliphatic rings. The van der Waals surface area contributed by atoms with Crippen LogP contribution in [0.4, 0.5) is 0 Å². The third kappa shape index (κ3) is 7.80. The normalized spacial score (nSPS) is 11.6. The molecule has 0 aliphatic carbocycles. The van der Waals surface area contributed by atoms with Crippen molar-refractivity contribution in [2.75, 3.05) is 20.8 Å². The van der Waals surface area contributed by atoms with Crippen molar-refractivity contribution in [3.63, 3.8) is 0 Å². The number of ether oxygens (including phenoxy) is 2. The molecule has 2 N–H and O–H groups in total. The summed E-state index contributed by atoms with van der Waals surface area (Å²) in [4.78, 5) is 38.6. The van der Waals surface area contributed by atoms with Gasteiger partial charge in [-0.3, -0.25) is 14.4 Å². The second-order valence-corrected chi connectivity index (χ2v) is 8.72. The molecule has 38 heavy (non-hydrogen) atoms. The highest BCUT2D eigenvalue weighted by molar-refractivity contribution is 6.02. The number of Topliss-reactive ketones (excluding diaryl/α,β-unsaturated/α-hetero) is 1. The molecular formula is C31H34N2O5. The third-order valence-corrected chi connectivity index (χ3v) is 6.07. The maximum Gasteiger partial charge on any atom is 0.252 e. The van der Waals surface area contributed by atoms with E-state index in [-0.39, 0.29) is 24.1 Å². The van der Waals surface area contributed by atoms with Crippen LogP contribution in [0.2, 0.25) is 0 Å². The maximum absolute atomic E-state index is 13.3. The molecular weight excluding hydrogens is 480 g/mol. The molecule has 3 aromatic rings. The summed E-state index contributed by atoms with van der Waals surface area (Å²) in [6.45, 7) is 1.86. The molecule has 3 rings (SSSR count). The number of carbonyl (C=O) groups is 3. The molecule has 0 spiro atoms. The van der Waals surface area contributed by atoms with Crippen LogP contribution in [0, 0.1) is 0 Å². The van der Waals surface area contributed by atoms with E-state index >= 15 is 0 Å². The Morgan fingerprint density at radius 3 is 2.26 bits per heavy atom. The fourth-order valence-electron chi connectivity index (χ4n) is 3.93. The number of amides is 2. The first-order valence-corrected chi connectivity index (χ1v) is 12.6. The largest absolute Gasteiger partial charge is 0.493 e. The fraction of sp³-hybridized carbons (Fsp3) is 0.258. The van der Waals surface area contributed by atoms with Crippen LogP contribution in [0.25, 0.3) is 12.2 Å². The average Bonchev–Trinajstić information content (AvgIpc) is 2.96. The Balaban J connectivity index is 1.72.